The maximum atomic E-state index is 13.2. The third-order valence-electron chi connectivity index (χ3n) is 5.34. The molecule has 1 aromatic heterocycles. The highest BCUT2D eigenvalue weighted by Gasteiger charge is 2.36. The first-order chi connectivity index (χ1) is 14.5. The molecule has 30 heavy (non-hydrogen) atoms. The number of benzene rings is 1. The average molecular weight is 407 g/mol. The molecule has 0 radical (unpaired) electrons. The normalized spacial score (nSPS) is 17.0. The summed E-state index contributed by atoms with van der Waals surface area (Å²) in [7, 11) is 0. The molecule has 2 N–H and O–H groups in total. The van der Waals surface area contributed by atoms with Crippen LogP contribution in [0.25, 0.3) is 0 Å². The highest BCUT2D eigenvalue weighted by Crippen LogP contribution is 2.22. The molecular weight excluding hydrogens is 376 g/mol. The van der Waals surface area contributed by atoms with Crippen LogP contribution in [0.15, 0.2) is 54.7 Å². The molecule has 3 rings (SSSR count). The molecular formula is C24H30N4O2. The largest absolute Gasteiger partial charge is 0.347 e. The number of nitrogens with one attached hydrogen (secondary N) is 2. The van der Waals surface area contributed by atoms with Gasteiger partial charge in [0.1, 0.15) is 6.04 Å². The van der Waals surface area contributed by atoms with Gasteiger partial charge in [-0.15, -0.1) is 0 Å². The van der Waals surface area contributed by atoms with Gasteiger partial charge in [0, 0.05) is 24.9 Å². The summed E-state index contributed by atoms with van der Waals surface area (Å²) in [4.78, 5) is 31.9. The molecule has 2 aromatic rings. The van der Waals surface area contributed by atoms with Gasteiger partial charge in [-0.3, -0.25) is 20.0 Å². The molecule has 1 fully saturated rings. The second kappa shape index (κ2) is 10.1. The lowest BCUT2D eigenvalue weighted by molar-refractivity contribution is -0.134. The van der Waals surface area contributed by atoms with Gasteiger partial charge in [0.2, 0.25) is 5.91 Å². The number of aromatic nitrogens is 1. The van der Waals surface area contributed by atoms with Crippen molar-refractivity contribution in [2.45, 2.75) is 51.6 Å². The van der Waals surface area contributed by atoms with E-state index in [1.807, 2.05) is 62.4 Å². The van der Waals surface area contributed by atoms with Crippen molar-refractivity contribution in [3.8, 4) is 0 Å². The first-order valence-electron chi connectivity index (χ1n) is 10.6. The van der Waals surface area contributed by atoms with Crippen molar-refractivity contribution < 1.29 is 9.59 Å². The van der Waals surface area contributed by atoms with E-state index in [2.05, 4.69) is 10.3 Å². The number of nitrogens with zero attached hydrogens (tertiary/aromatic N) is 2. The van der Waals surface area contributed by atoms with E-state index in [0.717, 1.165) is 17.7 Å². The Labute approximate surface area is 178 Å². The number of carbonyl (C=O) groups excluding carboxylic acids is 2. The van der Waals surface area contributed by atoms with Crippen molar-refractivity contribution in [1.82, 2.24) is 15.2 Å². The van der Waals surface area contributed by atoms with Crippen molar-refractivity contribution in [3.63, 3.8) is 0 Å². The second-order valence-electron chi connectivity index (χ2n) is 8.23. The molecule has 2 atom stereocenters. The number of hydrogen-bond acceptors (Lipinski definition) is 4. The Hall–Kier alpha value is -3.02. The minimum atomic E-state index is -0.528. The minimum Gasteiger partial charge on any atom is -0.347 e. The molecule has 6 nitrogen and oxygen atoms in total. The third-order valence-corrected chi connectivity index (χ3v) is 5.34. The Kier molecular flexibility index (Phi) is 7.33. The zero-order valence-electron chi connectivity index (χ0n) is 17.7. The van der Waals surface area contributed by atoms with Crippen molar-refractivity contribution in [1.29, 1.82) is 5.41 Å². The Bertz CT molecular complexity index is 867. The topological polar surface area (TPSA) is 86.2 Å². The summed E-state index contributed by atoms with van der Waals surface area (Å²) < 4.78 is 0. The lowest BCUT2D eigenvalue weighted by Gasteiger charge is -2.27. The zero-order chi connectivity index (χ0) is 21.5. The van der Waals surface area contributed by atoms with Crippen LogP contribution in [0, 0.1) is 11.3 Å². The Morgan fingerprint density at radius 1 is 1.17 bits per heavy atom. The zero-order valence-corrected chi connectivity index (χ0v) is 17.7. The van der Waals surface area contributed by atoms with Crippen molar-refractivity contribution in [2.24, 2.45) is 5.92 Å². The van der Waals surface area contributed by atoms with Gasteiger partial charge in [0.25, 0.3) is 5.91 Å². The summed E-state index contributed by atoms with van der Waals surface area (Å²) in [5.74, 6) is -0.248. The van der Waals surface area contributed by atoms with Gasteiger partial charge in [-0.1, -0.05) is 50.2 Å². The van der Waals surface area contributed by atoms with Crippen LogP contribution < -0.4 is 5.32 Å². The van der Waals surface area contributed by atoms with Crippen LogP contribution in [0.3, 0.4) is 0 Å². The van der Waals surface area contributed by atoms with E-state index in [9.17, 15) is 9.59 Å². The van der Waals surface area contributed by atoms with Crippen LogP contribution in [0.1, 0.15) is 50.4 Å². The molecule has 6 heteroatoms. The monoisotopic (exact) mass is 406 g/mol. The molecule has 0 bridgehead atoms. The predicted molar refractivity (Wildman–Crippen MR) is 117 cm³/mol. The lowest BCUT2D eigenvalue weighted by Crippen LogP contribution is -2.49. The van der Waals surface area contributed by atoms with Crippen molar-refractivity contribution >= 4 is 17.5 Å². The number of carbonyl (C=O) groups is 2. The summed E-state index contributed by atoms with van der Waals surface area (Å²) >= 11 is 0. The number of hydrogen-bond donors (Lipinski definition) is 2. The molecule has 2 heterocycles. The van der Waals surface area contributed by atoms with Crippen LogP contribution in [0.4, 0.5) is 0 Å². The van der Waals surface area contributed by atoms with Gasteiger partial charge in [0.05, 0.1) is 11.8 Å². The molecule has 0 spiro atoms. The fourth-order valence-corrected chi connectivity index (χ4v) is 3.88. The highest BCUT2D eigenvalue weighted by molar-refractivity contribution is 6.37. The molecule has 0 unspecified atom stereocenters. The van der Waals surface area contributed by atoms with Crippen LogP contribution in [-0.4, -0.2) is 40.0 Å². The molecule has 0 saturated carbocycles. The quantitative estimate of drug-likeness (QED) is 0.658. The molecule has 1 aliphatic rings. The van der Waals surface area contributed by atoms with Crippen LogP contribution in [-0.2, 0) is 16.0 Å². The SMILES string of the molecule is CC(C)CC(=N)C(=O)N1CCC[C@H]1C(=O)N[C@@H](Cc1ccccn1)c1ccccc1. The van der Waals surface area contributed by atoms with E-state index < -0.39 is 6.04 Å². The number of likely N-dealkylation sites (tertiary alicyclic amines) is 1. The van der Waals surface area contributed by atoms with E-state index in [-0.39, 0.29) is 29.5 Å². The van der Waals surface area contributed by atoms with Crippen LogP contribution in [0.5, 0.6) is 0 Å². The first-order valence-corrected chi connectivity index (χ1v) is 10.6. The molecule has 0 aliphatic carbocycles. The van der Waals surface area contributed by atoms with Crippen molar-refractivity contribution in [2.75, 3.05) is 6.54 Å². The van der Waals surface area contributed by atoms with Crippen molar-refractivity contribution in [3.05, 3.63) is 66.0 Å². The molecule has 158 valence electrons. The Balaban J connectivity index is 1.74. The predicted octanol–water partition coefficient (Wildman–Crippen LogP) is 3.54. The Morgan fingerprint density at radius 2 is 1.90 bits per heavy atom. The van der Waals surface area contributed by atoms with Crippen LogP contribution in [0.2, 0.25) is 0 Å². The van der Waals surface area contributed by atoms with Gasteiger partial charge < -0.3 is 10.2 Å². The van der Waals surface area contributed by atoms with E-state index >= 15 is 0 Å². The molecule has 1 aromatic carbocycles. The smallest absolute Gasteiger partial charge is 0.268 e. The fraction of sp³-hybridized carbons (Fsp3) is 0.417. The number of rotatable bonds is 8. The summed E-state index contributed by atoms with van der Waals surface area (Å²) in [5, 5.41) is 11.3. The van der Waals surface area contributed by atoms with Gasteiger partial charge in [-0.05, 0) is 42.9 Å². The van der Waals surface area contributed by atoms with Gasteiger partial charge in [-0.2, -0.15) is 0 Å². The summed E-state index contributed by atoms with van der Waals surface area (Å²) in [5.41, 5.74) is 1.97. The van der Waals surface area contributed by atoms with E-state index in [1.54, 1.807) is 11.1 Å². The standard InChI is InChI=1S/C24H30N4O2/c1-17(2)15-20(25)24(30)28-14-8-12-22(28)23(29)27-21(18-9-4-3-5-10-18)16-19-11-6-7-13-26-19/h3-7,9-11,13,17,21-22,25H,8,12,14-16H2,1-2H3,(H,27,29)/t21-,22-/m0/s1. The van der Waals surface area contributed by atoms with E-state index in [4.69, 9.17) is 5.41 Å². The highest BCUT2D eigenvalue weighted by atomic mass is 16.2. The number of pyridine rings is 1. The molecule has 2 amide bonds. The molecule has 1 saturated heterocycles. The number of amides is 2. The lowest BCUT2D eigenvalue weighted by atomic mass is 10.0. The fourth-order valence-electron chi connectivity index (χ4n) is 3.88. The minimum absolute atomic E-state index is 0.0813. The van der Waals surface area contributed by atoms with Gasteiger partial charge in [-0.25, -0.2) is 0 Å². The van der Waals surface area contributed by atoms with Gasteiger partial charge in [0.15, 0.2) is 0 Å². The average Bonchev–Trinajstić information content (AvgIpc) is 3.23. The summed E-state index contributed by atoms with van der Waals surface area (Å²) in [6.45, 7) is 4.49. The Morgan fingerprint density at radius 3 is 2.57 bits per heavy atom. The second-order valence-corrected chi connectivity index (χ2v) is 8.23. The van der Waals surface area contributed by atoms with E-state index in [1.165, 1.54) is 0 Å². The maximum absolute atomic E-state index is 13.2. The van der Waals surface area contributed by atoms with Gasteiger partial charge >= 0.3 is 0 Å². The third kappa shape index (κ3) is 5.53. The molecule has 1 aliphatic heterocycles. The van der Waals surface area contributed by atoms with Crippen LogP contribution >= 0.6 is 0 Å². The van der Waals surface area contributed by atoms with E-state index in [0.29, 0.717) is 25.8 Å². The summed E-state index contributed by atoms with van der Waals surface area (Å²) in [6.07, 6.45) is 4.14. The summed E-state index contributed by atoms with van der Waals surface area (Å²) in [6, 6.07) is 14.8. The maximum Gasteiger partial charge on any atom is 0.268 e. The first kappa shape index (κ1) is 21.7.